The van der Waals surface area contributed by atoms with E-state index in [-0.39, 0.29) is 28.2 Å². The minimum absolute atomic E-state index is 0.0254. The third kappa shape index (κ3) is 3.06. The van der Waals surface area contributed by atoms with Gasteiger partial charge in [-0.15, -0.1) is 0 Å². The number of carbonyl (C=O) groups is 3. The van der Waals surface area contributed by atoms with Crippen molar-refractivity contribution in [1.82, 2.24) is 5.06 Å². The molecule has 0 aromatic heterocycles. The molecule has 0 saturated carbocycles. The van der Waals surface area contributed by atoms with Crippen LogP contribution >= 0.6 is 0 Å². The molecule has 0 bridgehead atoms. The van der Waals surface area contributed by atoms with Crippen LogP contribution in [0.3, 0.4) is 0 Å². The molecule has 0 aliphatic carbocycles. The third-order valence-electron chi connectivity index (χ3n) is 3.55. The Kier molecular flexibility index (Phi) is 4.53. The maximum absolute atomic E-state index is 12.5. The number of rotatable bonds is 5. The van der Waals surface area contributed by atoms with Gasteiger partial charge in [-0.1, -0.05) is 17.2 Å². The quantitative estimate of drug-likeness (QED) is 0.760. The van der Waals surface area contributed by atoms with E-state index in [0.29, 0.717) is 5.06 Å². The van der Waals surface area contributed by atoms with Crippen molar-refractivity contribution in [1.29, 1.82) is 0 Å². The number of hydrogen-bond donors (Lipinski definition) is 0. The van der Waals surface area contributed by atoms with Crippen molar-refractivity contribution in [2.75, 3.05) is 7.11 Å². The van der Waals surface area contributed by atoms with Crippen LogP contribution in [-0.2, 0) is 4.84 Å². The zero-order chi connectivity index (χ0) is 18.8. The van der Waals surface area contributed by atoms with Gasteiger partial charge in [0.15, 0.2) is 11.5 Å². The number of nitrogens with zero attached hydrogens (tertiary/aromatic N) is 1. The number of imide groups is 1. The molecule has 2 amide bonds. The summed E-state index contributed by atoms with van der Waals surface area (Å²) in [6.45, 7) is -3.13. The fraction of sp³-hybridized carbons (Fsp3) is 0.118. The summed E-state index contributed by atoms with van der Waals surface area (Å²) in [7, 11) is 1.24. The highest BCUT2D eigenvalue weighted by molar-refractivity contribution is 6.21. The van der Waals surface area contributed by atoms with Crippen LogP contribution in [0, 0.1) is 0 Å². The van der Waals surface area contributed by atoms with E-state index in [0.717, 1.165) is 6.07 Å². The summed E-state index contributed by atoms with van der Waals surface area (Å²) < 4.78 is 34.1. The van der Waals surface area contributed by atoms with Gasteiger partial charge in [0.1, 0.15) is 0 Å². The van der Waals surface area contributed by atoms with E-state index in [1.54, 1.807) is 12.1 Å². The van der Waals surface area contributed by atoms with Crippen molar-refractivity contribution in [3.63, 3.8) is 0 Å². The Morgan fingerprint density at radius 3 is 2.15 bits per heavy atom. The van der Waals surface area contributed by atoms with Crippen molar-refractivity contribution in [3.05, 3.63) is 59.2 Å². The van der Waals surface area contributed by atoms with Gasteiger partial charge in [-0.2, -0.15) is 8.78 Å². The van der Waals surface area contributed by atoms with Crippen molar-refractivity contribution < 1.29 is 37.5 Å². The number of halogens is 2. The van der Waals surface area contributed by atoms with E-state index in [9.17, 15) is 23.2 Å². The highest BCUT2D eigenvalue weighted by atomic mass is 19.3. The van der Waals surface area contributed by atoms with Crippen molar-refractivity contribution in [2.24, 2.45) is 0 Å². The van der Waals surface area contributed by atoms with Crippen molar-refractivity contribution >= 4 is 17.8 Å². The average Bonchev–Trinajstić information content (AvgIpc) is 2.86. The molecule has 0 unspecified atom stereocenters. The molecule has 0 radical (unpaired) electrons. The molecule has 0 N–H and O–H groups in total. The van der Waals surface area contributed by atoms with Gasteiger partial charge in [0.25, 0.3) is 11.8 Å². The standard InChI is InChI=1S/C17H11F2NO6/c1-24-12-7-6-9(8-13(12)25-17(18)19)16(23)26-20-14(21)10-4-2-3-5-11(10)15(20)22/h2-8,17H,1H3. The summed E-state index contributed by atoms with van der Waals surface area (Å²) in [5.41, 5.74) is -0.0125. The van der Waals surface area contributed by atoms with Crippen molar-refractivity contribution in [2.45, 2.75) is 6.61 Å². The van der Waals surface area contributed by atoms with Crippen LogP contribution in [0.2, 0.25) is 0 Å². The molecule has 1 aliphatic heterocycles. The molecule has 1 heterocycles. The minimum Gasteiger partial charge on any atom is -0.493 e. The number of alkyl halides is 2. The second-order valence-corrected chi connectivity index (χ2v) is 5.07. The Labute approximate surface area is 145 Å². The molecule has 0 spiro atoms. The topological polar surface area (TPSA) is 82.1 Å². The summed E-state index contributed by atoms with van der Waals surface area (Å²) in [4.78, 5) is 41.4. The molecule has 2 aromatic carbocycles. The predicted octanol–water partition coefficient (Wildman–Crippen LogP) is 2.66. The van der Waals surface area contributed by atoms with Gasteiger partial charge in [0.05, 0.1) is 23.8 Å². The van der Waals surface area contributed by atoms with Crippen LogP contribution in [0.25, 0.3) is 0 Å². The van der Waals surface area contributed by atoms with Gasteiger partial charge in [-0.3, -0.25) is 9.59 Å². The highest BCUT2D eigenvalue weighted by Crippen LogP contribution is 2.30. The Bertz CT molecular complexity index is 864. The average molecular weight is 363 g/mol. The Balaban J connectivity index is 1.83. The summed E-state index contributed by atoms with van der Waals surface area (Å²) >= 11 is 0. The van der Waals surface area contributed by atoms with Crippen LogP contribution in [0.4, 0.5) is 8.78 Å². The zero-order valence-electron chi connectivity index (χ0n) is 13.3. The van der Waals surface area contributed by atoms with Crippen LogP contribution in [-0.4, -0.2) is 36.6 Å². The summed E-state index contributed by atoms with van der Waals surface area (Å²) in [5, 5.41) is 0.324. The highest BCUT2D eigenvalue weighted by Gasteiger charge is 2.38. The van der Waals surface area contributed by atoms with Gasteiger partial charge < -0.3 is 14.3 Å². The number of fused-ring (bicyclic) bond motifs is 1. The molecule has 1 aliphatic rings. The van der Waals surface area contributed by atoms with Crippen molar-refractivity contribution in [3.8, 4) is 11.5 Å². The lowest BCUT2D eigenvalue weighted by Gasteiger charge is -2.14. The first kappa shape index (κ1) is 17.3. The molecule has 3 rings (SSSR count). The molecule has 0 atom stereocenters. The van der Waals surface area contributed by atoms with E-state index in [1.165, 1.54) is 31.4 Å². The SMILES string of the molecule is COc1ccc(C(=O)ON2C(=O)c3ccccc3C2=O)cc1OC(F)F. The summed E-state index contributed by atoms with van der Waals surface area (Å²) in [5.74, 6) is -3.10. The normalized spacial score (nSPS) is 13.0. The molecule has 2 aromatic rings. The van der Waals surface area contributed by atoms with Gasteiger partial charge in [-0.05, 0) is 30.3 Å². The first-order valence-electron chi connectivity index (χ1n) is 7.25. The predicted molar refractivity (Wildman–Crippen MR) is 82.0 cm³/mol. The van der Waals surface area contributed by atoms with Crippen LogP contribution in [0.15, 0.2) is 42.5 Å². The van der Waals surface area contributed by atoms with E-state index < -0.39 is 24.4 Å². The first-order chi connectivity index (χ1) is 12.4. The lowest BCUT2D eigenvalue weighted by molar-refractivity contribution is -0.0589. The number of carbonyl (C=O) groups excluding carboxylic acids is 3. The lowest BCUT2D eigenvalue weighted by atomic mass is 10.1. The first-order valence-corrected chi connectivity index (χ1v) is 7.25. The van der Waals surface area contributed by atoms with Crippen LogP contribution in [0.1, 0.15) is 31.1 Å². The Morgan fingerprint density at radius 1 is 1.00 bits per heavy atom. The molecule has 0 fully saturated rings. The molecule has 134 valence electrons. The van der Waals surface area contributed by atoms with E-state index in [1.807, 2.05) is 0 Å². The second-order valence-electron chi connectivity index (χ2n) is 5.07. The minimum atomic E-state index is -3.13. The molecule has 7 nitrogen and oxygen atoms in total. The smallest absolute Gasteiger partial charge is 0.387 e. The molecular weight excluding hydrogens is 352 g/mol. The van der Waals surface area contributed by atoms with Gasteiger partial charge in [-0.25, -0.2) is 4.79 Å². The number of ether oxygens (including phenoxy) is 2. The van der Waals surface area contributed by atoms with E-state index >= 15 is 0 Å². The van der Waals surface area contributed by atoms with Crippen LogP contribution < -0.4 is 9.47 Å². The Morgan fingerprint density at radius 2 is 1.62 bits per heavy atom. The third-order valence-corrected chi connectivity index (χ3v) is 3.55. The molecule has 26 heavy (non-hydrogen) atoms. The van der Waals surface area contributed by atoms with E-state index in [2.05, 4.69) is 4.74 Å². The van der Waals surface area contributed by atoms with Crippen LogP contribution in [0.5, 0.6) is 11.5 Å². The zero-order valence-corrected chi connectivity index (χ0v) is 13.3. The molecule has 0 saturated heterocycles. The maximum Gasteiger partial charge on any atom is 0.387 e. The maximum atomic E-state index is 12.5. The van der Waals surface area contributed by atoms with Gasteiger partial charge >= 0.3 is 12.6 Å². The number of amides is 2. The molecule has 9 heteroatoms. The number of benzene rings is 2. The largest absolute Gasteiger partial charge is 0.493 e. The number of hydrogen-bond acceptors (Lipinski definition) is 6. The fourth-order valence-corrected chi connectivity index (χ4v) is 2.38. The summed E-state index contributed by atoms with van der Waals surface area (Å²) in [6.07, 6.45) is 0. The number of hydroxylamine groups is 2. The molecular formula is C17H11F2NO6. The van der Waals surface area contributed by atoms with E-state index in [4.69, 9.17) is 9.57 Å². The Hall–Kier alpha value is -3.49. The summed E-state index contributed by atoms with van der Waals surface area (Å²) in [6, 6.07) is 9.37. The lowest BCUT2D eigenvalue weighted by Crippen LogP contribution is -2.32. The monoisotopic (exact) mass is 363 g/mol. The van der Waals surface area contributed by atoms with Gasteiger partial charge in [0, 0.05) is 0 Å². The number of methoxy groups -OCH3 is 1. The second kappa shape index (κ2) is 6.79. The van der Waals surface area contributed by atoms with Gasteiger partial charge in [0.2, 0.25) is 0 Å². The fourth-order valence-electron chi connectivity index (χ4n) is 2.38.